The number of benzene rings is 9. The van der Waals surface area contributed by atoms with E-state index in [2.05, 4.69) is 186 Å². The molecule has 2 aliphatic rings. The van der Waals surface area contributed by atoms with Crippen LogP contribution in [0.25, 0.3) is 65.8 Å². The SMILES string of the molecule is c1ccc2c(c1)B1c3ccccc3N(c3ccc4oc5cc6ccccc6cc5c4c3)c3cccc(c31)N2c1ccc(-c2cccc3c2oc2ccccc23)cc1. The van der Waals surface area contributed by atoms with Crippen molar-refractivity contribution in [1.82, 2.24) is 0 Å². The molecule has 0 fully saturated rings. The number of rotatable bonds is 3. The van der Waals surface area contributed by atoms with Gasteiger partial charge in [0.2, 0.25) is 0 Å². The zero-order valence-corrected chi connectivity index (χ0v) is 30.7. The van der Waals surface area contributed by atoms with Gasteiger partial charge in [0.1, 0.15) is 22.3 Å². The van der Waals surface area contributed by atoms with Crippen LogP contribution >= 0.6 is 0 Å². The second-order valence-corrected chi connectivity index (χ2v) is 15.2. The molecule has 11 aromatic rings. The van der Waals surface area contributed by atoms with Crippen LogP contribution in [0.1, 0.15) is 0 Å². The summed E-state index contributed by atoms with van der Waals surface area (Å²) in [7, 11) is 0. The second kappa shape index (κ2) is 11.5. The number of nitrogens with zero attached hydrogens (tertiary/aromatic N) is 2. The predicted octanol–water partition coefficient (Wildman–Crippen LogP) is 12.4. The molecule has 0 N–H and O–H groups in total. The van der Waals surface area contributed by atoms with Gasteiger partial charge in [-0.05, 0) is 106 Å². The number of fused-ring (bicyclic) bond motifs is 11. The molecule has 0 spiro atoms. The minimum atomic E-state index is 0.0749. The van der Waals surface area contributed by atoms with E-state index in [1.165, 1.54) is 49.9 Å². The minimum Gasteiger partial charge on any atom is -0.456 e. The van der Waals surface area contributed by atoms with E-state index in [-0.39, 0.29) is 6.71 Å². The highest BCUT2D eigenvalue weighted by Gasteiger charge is 2.42. The molecule has 0 atom stereocenters. The molecule has 0 unspecified atom stereocenters. The van der Waals surface area contributed by atoms with Gasteiger partial charge in [0, 0.05) is 61.2 Å². The van der Waals surface area contributed by atoms with Gasteiger partial charge in [0.15, 0.2) is 0 Å². The number of furan rings is 2. The van der Waals surface area contributed by atoms with Gasteiger partial charge in [-0.1, -0.05) is 115 Å². The molecule has 2 aromatic heterocycles. The van der Waals surface area contributed by atoms with E-state index in [0.717, 1.165) is 66.4 Å². The first-order chi connectivity index (χ1) is 28.3. The Balaban J connectivity index is 0.984. The lowest BCUT2D eigenvalue weighted by Crippen LogP contribution is -2.61. The molecule has 264 valence electrons. The van der Waals surface area contributed by atoms with Crippen LogP contribution in [0.15, 0.2) is 197 Å². The maximum absolute atomic E-state index is 6.45. The zero-order valence-electron chi connectivity index (χ0n) is 30.7. The van der Waals surface area contributed by atoms with Crippen molar-refractivity contribution in [2.75, 3.05) is 9.80 Å². The van der Waals surface area contributed by atoms with Crippen LogP contribution in [0.3, 0.4) is 0 Å². The Morgan fingerprint density at radius 2 is 0.947 bits per heavy atom. The van der Waals surface area contributed by atoms with E-state index in [4.69, 9.17) is 8.83 Å². The van der Waals surface area contributed by atoms with Gasteiger partial charge in [-0.3, -0.25) is 0 Å². The van der Waals surface area contributed by atoms with E-state index in [1.807, 2.05) is 12.1 Å². The molecule has 2 aliphatic heterocycles. The molecule has 13 rings (SSSR count). The summed E-state index contributed by atoms with van der Waals surface area (Å²) in [5.41, 5.74) is 16.7. The maximum Gasteiger partial charge on any atom is 0.252 e. The Bertz CT molecular complexity index is 3450. The molecule has 4 nitrogen and oxygen atoms in total. The Morgan fingerprint density at radius 1 is 0.368 bits per heavy atom. The predicted molar refractivity (Wildman–Crippen MR) is 238 cm³/mol. The van der Waals surface area contributed by atoms with Crippen LogP contribution in [0.5, 0.6) is 0 Å². The molecule has 4 heterocycles. The second-order valence-electron chi connectivity index (χ2n) is 15.2. The first-order valence-corrected chi connectivity index (χ1v) is 19.5. The van der Waals surface area contributed by atoms with Crippen molar-refractivity contribution in [2.24, 2.45) is 0 Å². The van der Waals surface area contributed by atoms with Gasteiger partial charge in [-0.15, -0.1) is 0 Å². The smallest absolute Gasteiger partial charge is 0.252 e. The number of hydrogen-bond donors (Lipinski definition) is 0. The molecule has 0 saturated carbocycles. The largest absolute Gasteiger partial charge is 0.456 e. The first-order valence-electron chi connectivity index (χ1n) is 19.5. The van der Waals surface area contributed by atoms with Gasteiger partial charge in [-0.25, -0.2) is 0 Å². The van der Waals surface area contributed by atoms with Crippen LogP contribution < -0.4 is 26.2 Å². The van der Waals surface area contributed by atoms with Crippen LogP contribution in [0.2, 0.25) is 0 Å². The molecule has 0 radical (unpaired) electrons. The normalized spacial score (nSPS) is 13.2. The van der Waals surface area contributed by atoms with Gasteiger partial charge in [0.05, 0.1) is 0 Å². The summed E-state index contributed by atoms with van der Waals surface area (Å²) < 4.78 is 12.9. The van der Waals surface area contributed by atoms with Crippen molar-refractivity contribution >= 4 is 112 Å². The van der Waals surface area contributed by atoms with E-state index in [9.17, 15) is 0 Å². The summed E-state index contributed by atoms with van der Waals surface area (Å²) in [5.74, 6) is 0. The number of hydrogen-bond acceptors (Lipinski definition) is 4. The topological polar surface area (TPSA) is 32.8 Å². The van der Waals surface area contributed by atoms with E-state index in [0.29, 0.717) is 0 Å². The lowest BCUT2D eigenvalue weighted by Gasteiger charge is -2.44. The van der Waals surface area contributed by atoms with Crippen molar-refractivity contribution in [3.05, 3.63) is 188 Å². The third kappa shape index (κ3) is 4.34. The van der Waals surface area contributed by atoms with Crippen molar-refractivity contribution in [2.45, 2.75) is 0 Å². The highest BCUT2D eigenvalue weighted by atomic mass is 16.3. The molecule has 5 heteroatoms. The van der Waals surface area contributed by atoms with Crippen molar-refractivity contribution in [3.8, 4) is 11.1 Å². The molecule has 0 aliphatic carbocycles. The summed E-state index contributed by atoms with van der Waals surface area (Å²) in [6.07, 6.45) is 0. The lowest BCUT2D eigenvalue weighted by molar-refractivity contribution is 0.669. The Labute approximate surface area is 328 Å². The average molecular weight is 727 g/mol. The first kappa shape index (κ1) is 30.8. The molecular weight excluding hydrogens is 695 g/mol. The van der Waals surface area contributed by atoms with Gasteiger partial charge in [0.25, 0.3) is 6.71 Å². The Kier molecular flexibility index (Phi) is 6.22. The Hall–Kier alpha value is -7.50. The maximum atomic E-state index is 6.45. The third-order valence-corrected chi connectivity index (χ3v) is 12.2. The van der Waals surface area contributed by atoms with Gasteiger partial charge < -0.3 is 18.6 Å². The van der Waals surface area contributed by atoms with Crippen LogP contribution in [0.4, 0.5) is 34.1 Å². The highest BCUT2D eigenvalue weighted by molar-refractivity contribution is 7.00. The minimum absolute atomic E-state index is 0.0749. The van der Waals surface area contributed by atoms with E-state index in [1.54, 1.807) is 0 Å². The van der Waals surface area contributed by atoms with Crippen LogP contribution in [-0.4, -0.2) is 6.71 Å². The molecule has 0 saturated heterocycles. The quantitative estimate of drug-likeness (QED) is 0.170. The van der Waals surface area contributed by atoms with Gasteiger partial charge >= 0.3 is 0 Å². The van der Waals surface area contributed by atoms with Crippen molar-refractivity contribution < 1.29 is 8.83 Å². The fourth-order valence-corrected chi connectivity index (χ4v) is 9.75. The molecule has 0 amide bonds. The van der Waals surface area contributed by atoms with Crippen molar-refractivity contribution in [3.63, 3.8) is 0 Å². The fourth-order valence-electron chi connectivity index (χ4n) is 9.75. The zero-order chi connectivity index (χ0) is 37.2. The van der Waals surface area contributed by atoms with E-state index < -0.39 is 0 Å². The van der Waals surface area contributed by atoms with Gasteiger partial charge in [-0.2, -0.15) is 0 Å². The summed E-state index contributed by atoms with van der Waals surface area (Å²) in [4.78, 5) is 4.90. The Morgan fingerprint density at radius 3 is 1.74 bits per heavy atom. The average Bonchev–Trinajstić information content (AvgIpc) is 3.83. The van der Waals surface area contributed by atoms with Crippen LogP contribution in [0, 0.1) is 0 Å². The summed E-state index contributed by atoms with van der Waals surface area (Å²) in [5, 5.41) is 6.91. The van der Waals surface area contributed by atoms with E-state index >= 15 is 0 Å². The molecule has 9 aromatic carbocycles. The van der Waals surface area contributed by atoms with Crippen LogP contribution in [-0.2, 0) is 0 Å². The third-order valence-electron chi connectivity index (χ3n) is 12.2. The monoisotopic (exact) mass is 726 g/mol. The standard InChI is InChI=1S/C52H31BN2O2/c1-2-12-34-30-50-40(29-33(34)11-1)41-31-36(27-28-49(41)56-50)55-45-19-7-5-17-43(45)53-42-16-4-6-18-44(42)54(46-20-10-21-47(55)51(46)53)35-25-23-32(24-26-35)37-14-9-15-39-38-13-3-8-22-48(38)57-52(37)39/h1-31H. The molecule has 57 heavy (non-hydrogen) atoms. The fraction of sp³-hybridized carbons (Fsp3) is 0. The highest BCUT2D eigenvalue weighted by Crippen LogP contribution is 2.45. The lowest BCUT2D eigenvalue weighted by atomic mass is 9.33. The van der Waals surface area contributed by atoms with Crippen molar-refractivity contribution in [1.29, 1.82) is 0 Å². The number of para-hydroxylation sites is 4. The summed E-state index contributed by atoms with van der Waals surface area (Å²) in [6, 6.07) is 67.9. The molecule has 0 bridgehead atoms. The summed E-state index contributed by atoms with van der Waals surface area (Å²) in [6.45, 7) is 0.0749. The number of anilines is 6. The summed E-state index contributed by atoms with van der Waals surface area (Å²) >= 11 is 0. The molecular formula is C52H31BN2O2.